The lowest BCUT2D eigenvalue weighted by molar-refractivity contribution is -0.127. The van der Waals surface area contributed by atoms with Crippen molar-refractivity contribution in [2.24, 2.45) is 5.73 Å². The van der Waals surface area contributed by atoms with Crippen LogP contribution in [0, 0.1) is 0 Å². The molecule has 0 atom stereocenters. The number of halogens is 1. The van der Waals surface area contributed by atoms with Crippen LogP contribution in [0.3, 0.4) is 0 Å². The minimum Gasteiger partial charge on any atom is -0.489 e. The van der Waals surface area contributed by atoms with Crippen molar-refractivity contribution in [1.29, 1.82) is 0 Å². The Balaban J connectivity index is 2.19. The SMILES string of the molecule is CCC(=CF)COc1ccc2c(c1)CCN(C(C)(C)C(N)=O)C2=O. The summed E-state index contributed by atoms with van der Waals surface area (Å²) < 4.78 is 18.2. The highest BCUT2D eigenvalue weighted by molar-refractivity contribution is 6.00. The van der Waals surface area contributed by atoms with Crippen molar-refractivity contribution in [1.82, 2.24) is 4.90 Å². The smallest absolute Gasteiger partial charge is 0.255 e. The minimum atomic E-state index is -1.04. The van der Waals surface area contributed by atoms with Crippen LogP contribution in [0.5, 0.6) is 5.75 Å². The van der Waals surface area contributed by atoms with Gasteiger partial charge in [0.25, 0.3) is 5.91 Å². The van der Waals surface area contributed by atoms with Gasteiger partial charge in [-0.3, -0.25) is 9.59 Å². The van der Waals surface area contributed by atoms with E-state index in [9.17, 15) is 14.0 Å². The Bertz CT molecular complexity index is 683. The fourth-order valence-corrected chi connectivity index (χ4v) is 2.61. The maximum atomic E-state index is 12.7. The predicted molar refractivity (Wildman–Crippen MR) is 89.4 cm³/mol. The Labute approximate surface area is 141 Å². The molecule has 0 radical (unpaired) electrons. The third kappa shape index (κ3) is 3.42. The van der Waals surface area contributed by atoms with E-state index in [1.54, 1.807) is 32.0 Å². The maximum absolute atomic E-state index is 12.7. The molecule has 2 N–H and O–H groups in total. The monoisotopic (exact) mass is 334 g/mol. The van der Waals surface area contributed by atoms with Crippen molar-refractivity contribution in [3.63, 3.8) is 0 Å². The van der Waals surface area contributed by atoms with Crippen molar-refractivity contribution in [2.75, 3.05) is 13.2 Å². The number of amides is 2. The van der Waals surface area contributed by atoms with E-state index in [0.717, 1.165) is 5.56 Å². The molecule has 1 aromatic carbocycles. The Morgan fingerprint density at radius 2 is 2.17 bits per heavy atom. The van der Waals surface area contributed by atoms with Crippen LogP contribution in [0.15, 0.2) is 30.1 Å². The fraction of sp³-hybridized carbons (Fsp3) is 0.444. The molecule has 6 heteroatoms. The molecule has 0 aliphatic carbocycles. The van der Waals surface area contributed by atoms with E-state index in [-0.39, 0.29) is 12.5 Å². The number of hydrogen-bond acceptors (Lipinski definition) is 3. The highest BCUT2D eigenvalue weighted by Crippen LogP contribution is 2.28. The lowest BCUT2D eigenvalue weighted by Gasteiger charge is -2.39. The number of fused-ring (bicyclic) bond motifs is 1. The van der Waals surface area contributed by atoms with Crippen LogP contribution in [0.4, 0.5) is 4.39 Å². The van der Waals surface area contributed by atoms with Crippen molar-refractivity contribution in [3.05, 3.63) is 41.2 Å². The van der Waals surface area contributed by atoms with Gasteiger partial charge in [-0.05, 0) is 56.0 Å². The largest absolute Gasteiger partial charge is 0.489 e. The number of rotatable bonds is 6. The van der Waals surface area contributed by atoms with Crippen LogP contribution in [-0.4, -0.2) is 35.4 Å². The highest BCUT2D eigenvalue weighted by atomic mass is 19.1. The molecule has 2 rings (SSSR count). The average molecular weight is 334 g/mol. The van der Waals surface area contributed by atoms with Gasteiger partial charge in [0.2, 0.25) is 5.91 Å². The first-order valence-electron chi connectivity index (χ1n) is 7.97. The van der Waals surface area contributed by atoms with Gasteiger partial charge in [0, 0.05) is 12.1 Å². The number of hydrogen-bond donors (Lipinski definition) is 1. The normalized spacial score (nSPS) is 15.2. The molecule has 1 aliphatic heterocycles. The quantitative estimate of drug-likeness (QED) is 0.869. The zero-order chi connectivity index (χ0) is 17.9. The highest BCUT2D eigenvalue weighted by Gasteiger charge is 2.39. The molecule has 2 amide bonds. The summed E-state index contributed by atoms with van der Waals surface area (Å²) in [7, 11) is 0. The molecule has 130 valence electrons. The van der Waals surface area contributed by atoms with Gasteiger partial charge in [-0.2, -0.15) is 0 Å². The molecule has 0 bridgehead atoms. The summed E-state index contributed by atoms with van der Waals surface area (Å²) in [6.07, 6.45) is 1.75. The van der Waals surface area contributed by atoms with Crippen LogP contribution in [0.25, 0.3) is 0 Å². The summed E-state index contributed by atoms with van der Waals surface area (Å²) in [5.41, 5.74) is 6.34. The summed E-state index contributed by atoms with van der Waals surface area (Å²) in [5.74, 6) is -0.161. The molecule has 1 aromatic rings. The van der Waals surface area contributed by atoms with Gasteiger partial charge >= 0.3 is 0 Å². The number of benzene rings is 1. The number of primary amides is 1. The summed E-state index contributed by atoms with van der Waals surface area (Å²) in [6.45, 7) is 5.74. The minimum absolute atomic E-state index is 0.181. The fourth-order valence-electron chi connectivity index (χ4n) is 2.61. The molecule has 0 spiro atoms. The van der Waals surface area contributed by atoms with Crippen LogP contribution >= 0.6 is 0 Å². The number of carbonyl (C=O) groups excluding carboxylic acids is 2. The summed E-state index contributed by atoms with van der Waals surface area (Å²) in [5, 5.41) is 0. The van der Waals surface area contributed by atoms with E-state index in [2.05, 4.69) is 0 Å². The molecule has 0 fully saturated rings. The molecule has 0 saturated heterocycles. The number of carbonyl (C=O) groups is 2. The first-order valence-corrected chi connectivity index (χ1v) is 7.97. The van der Waals surface area contributed by atoms with Crippen LogP contribution in [-0.2, 0) is 11.2 Å². The Morgan fingerprint density at radius 1 is 1.46 bits per heavy atom. The molecule has 0 saturated carbocycles. The van der Waals surface area contributed by atoms with Crippen LogP contribution in [0.2, 0.25) is 0 Å². The Morgan fingerprint density at radius 3 is 2.75 bits per heavy atom. The molecular formula is C18H23FN2O3. The average Bonchev–Trinajstić information content (AvgIpc) is 2.55. The van der Waals surface area contributed by atoms with Crippen molar-refractivity contribution in [3.8, 4) is 5.75 Å². The van der Waals surface area contributed by atoms with Gasteiger partial charge < -0.3 is 15.4 Å². The van der Waals surface area contributed by atoms with Gasteiger partial charge in [-0.15, -0.1) is 0 Å². The van der Waals surface area contributed by atoms with Crippen molar-refractivity contribution >= 4 is 11.8 Å². The standard InChI is InChI=1S/C18H23FN2O3/c1-4-12(10-19)11-24-14-5-6-15-13(9-14)7-8-21(16(15)22)18(2,3)17(20)23/h5-6,9-10H,4,7-8,11H2,1-3H3,(H2,20,23). The van der Waals surface area contributed by atoms with Crippen LogP contribution in [0.1, 0.15) is 43.1 Å². The molecular weight excluding hydrogens is 311 g/mol. The van der Waals surface area contributed by atoms with Gasteiger partial charge in [0.15, 0.2) is 0 Å². The second-order valence-electron chi connectivity index (χ2n) is 6.36. The number of nitrogens with zero attached hydrogens (tertiary/aromatic N) is 1. The van der Waals surface area contributed by atoms with Crippen molar-refractivity contribution < 1.29 is 18.7 Å². The van der Waals surface area contributed by atoms with Crippen molar-refractivity contribution in [2.45, 2.75) is 39.2 Å². The Hall–Kier alpha value is -2.37. The number of nitrogens with two attached hydrogens (primary N) is 1. The summed E-state index contributed by atoms with van der Waals surface area (Å²) in [6, 6.07) is 5.16. The van der Waals surface area contributed by atoms with Gasteiger partial charge in [-0.25, -0.2) is 4.39 Å². The van der Waals surface area contributed by atoms with Gasteiger partial charge in [0.05, 0.1) is 6.33 Å². The van der Waals surface area contributed by atoms with Crippen LogP contribution < -0.4 is 10.5 Å². The molecule has 0 aromatic heterocycles. The van der Waals surface area contributed by atoms with E-state index >= 15 is 0 Å². The molecule has 24 heavy (non-hydrogen) atoms. The first kappa shape index (κ1) is 18.0. The lowest BCUT2D eigenvalue weighted by atomic mass is 9.93. The third-order valence-electron chi connectivity index (χ3n) is 4.47. The van der Waals surface area contributed by atoms with E-state index < -0.39 is 11.4 Å². The molecule has 1 aliphatic rings. The second-order valence-corrected chi connectivity index (χ2v) is 6.36. The second kappa shape index (κ2) is 7.03. The molecule has 1 heterocycles. The lowest BCUT2D eigenvalue weighted by Crippen LogP contribution is -2.57. The third-order valence-corrected chi connectivity index (χ3v) is 4.47. The van der Waals surface area contributed by atoms with E-state index in [1.807, 2.05) is 6.92 Å². The molecule has 0 unspecified atom stereocenters. The number of ether oxygens (including phenoxy) is 1. The zero-order valence-electron chi connectivity index (χ0n) is 14.3. The topological polar surface area (TPSA) is 72.6 Å². The summed E-state index contributed by atoms with van der Waals surface area (Å²) >= 11 is 0. The van der Waals surface area contributed by atoms with Gasteiger partial charge in [-0.1, -0.05) is 6.92 Å². The van der Waals surface area contributed by atoms with E-state index in [1.165, 1.54) is 4.90 Å². The Kier molecular flexibility index (Phi) is 5.26. The van der Waals surface area contributed by atoms with Gasteiger partial charge in [0.1, 0.15) is 17.9 Å². The maximum Gasteiger partial charge on any atom is 0.255 e. The zero-order valence-corrected chi connectivity index (χ0v) is 14.3. The van der Waals surface area contributed by atoms with E-state index in [0.29, 0.717) is 42.6 Å². The summed E-state index contributed by atoms with van der Waals surface area (Å²) in [4.78, 5) is 25.8. The predicted octanol–water partition coefficient (Wildman–Crippen LogP) is 2.59. The molecule has 5 nitrogen and oxygen atoms in total. The first-order chi connectivity index (χ1) is 11.3. The van der Waals surface area contributed by atoms with E-state index in [4.69, 9.17) is 10.5 Å².